The fourth-order valence-corrected chi connectivity index (χ4v) is 3.14. The lowest BCUT2D eigenvalue weighted by Gasteiger charge is -2.27. The third-order valence-electron chi connectivity index (χ3n) is 3.76. The van der Waals surface area contributed by atoms with Crippen LogP contribution in [0.3, 0.4) is 0 Å². The molecule has 0 aromatic carbocycles. The highest BCUT2D eigenvalue weighted by atomic mass is 32.1. The molecular formula is C13H20N4O3S. The number of nitrogens with one attached hydrogen (secondary N) is 1. The molecule has 0 spiro atoms. The van der Waals surface area contributed by atoms with E-state index in [9.17, 15) is 4.79 Å². The first-order chi connectivity index (χ1) is 10.3. The average Bonchev–Trinajstić information content (AvgIpc) is 3.21. The topological polar surface area (TPSA) is 76.6 Å². The van der Waals surface area contributed by atoms with E-state index in [1.165, 1.54) is 11.3 Å². The molecule has 3 rings (SSSR count). The lowest BCUT2D eigenvalue weighted by molar-refractivity contribution is 0.0524. The van der Waals surface area contributed by atoms with Gasteiger partial charge >= 0.3 is 6.03 Å². The summed E-state index contributed by atoms with van der Waals surface area (Å²) in [5, 5.41) is 10.9. The van der Waals surface area contributed by atoms with E-state index < -0.39 is 0 Å². The van der Waals surface area contributed by atoms with Crippen molar-refractivity contribution in [2.45, 2.75) is 37.9 Å². The zero-order valence-corrected chi connectivity index (χ0v) is 12.7. The highest BCUT2D eigenvalue weighted by molar-refractivity contribution is 7.13. The van der Waals surface area contributed by atoms with E-state index in [4.69, 9.17) is 9.47 Å². The molecule has 8 heteroatoms. The van der Waals surface area contributed by atoms with Gasteiger partial charge < -0.3 is 14.4 Å². The van der Waals surface area contributed by atoms with E-state index in [2.05, 4.69) is 15.5 Å². The van der Waals surface area contributed by atoms with E-state index in [0.29, 0.717) is 18.2 Å². The van der Waals surface area contributed by atoms with Gasteiger partial charge in [0.2, 0.25) is 5.13 Å². The lowest BCUT2D eigenvalue weighted by atomic mass is 10.2. The molecule has 0 unspecified atom stereocenters. The van der Waals surface area contributed by atoms with Crippen LogP contribution in [0.5, 0.6) is 0 Å². The number of amides is 2. The molecule has 2 atom stereocenters. The molecule has 1 aromatic rings. The average molecular weight is 312 g/mol. The van der Waals surface area contributed by atoms with Gasteiger partial charge in [-0.25, -0.2) is 4.79 Å². The summed E-state index contributed by atoms with van der Waals surface area (Å²) >= 11 is 1.31. The van der Waals surface area contributed by atoms with Crippen LogP contribution in [0, 0.1) is 0 Å². The molecule has 2 amide bonds. The van der Waals surface area contributed by atoms with Crippen LogP contribution in [0.2, 0.25) is 0 Å². The fraction of sp³-hybridized carbons (Fsp3) is 0.769. The zero-order valence-electron chi connectivity index (χ0n) is 11.9. The first-order valence-corrected chi connectivity index (χ1v) is 8.24. The van der Waals surface area contributed by atoms with Crippen molar-refractivity contribution in [3.05, 3.63) is 5.51 Å². The second kappa shape index (κ2) is 7.15. The van der Waals surface area contributed by atoms with Gasteiger partial charge in [0.15, 0.2) is 0 Å². The molecule has 7 nitrogen and oxygen atoms in total. The van der Waals surface area contributed by atoms with Gasteiger partial charge in [-0.1, -0.05) is 11.3 Å². The molecule has 0 aliphatic carbocycles. The van der Waals surface area contributed by atoms with Gasteiger partial charge in [0, 0.05) is 26.3 Å². The summed E-state index contributed by atoms with van der Waals surface area (Å²) < 4.78 is 11.3. The minimum absolute atomic E-state index is 0.131. The SMILES string of the molecule is O=C(Nc1nncs1)N(C[C@H]1CCCO1)C[C@H]1CCCO1. The van der Waals surface area contributed by atoms with Crippen molar-refractivity contribution in [3.8, 4) is 0 Å². The maximum atomic E-state index is 12.4. The lowest BCUT2D eigenvalue weighted by Crippen LogP contribution is -2.44. The standard InChI is InChI=1S/C13H20N4O3S/c18-13(15-12-16-14-9-21-12)17(7-10-3-1-5-19-10)8-11-4-2-6-20-11/h9-11H,1-8H2,(H,15,16,18)/t10-,11-/m1/s1. The predicted octanol–water partition coefficient (Wildman–Crippen LogP) is 1.73. The smallest absolute Gasteiger partial charge is 0.323 e. The first kappa shape index (κ1) is 14.7. The van der Waals surface area contributed by atoms with E-state index in [-0.39, 0.29) is 18.2 Å². The molecule has 21 heavy (non-hydrogen) atoms. The molecule has 1 aromatic heterocycles. The summed E-state index contributed by atoms with van der Waals surface area (Å²) in [6, 6.07) is -0.155. The molecular weight excluding hydrogens is 292 g/mol. The summed E-state index contributed by atoms with van der Waals surface area (Å²) in [6.45, 7) is 2.78. The van der Waals surface area contributed by atoms with E-state index in [1.807, 2.05) is 0 Å². The van der Waals surface area contributed by atoms with Crippen LogP contribution in [-0.2, 0) is 9.47 Å². The van der Waals surface area contributed by atoms with Crippen molar-refractivity contribution in [1.29, 1.82) is 0 Å². The third kappa shape index (κ3) is 4.12. The van der Waals surface area contributed by atoms with Gasteiger partial charge in [-0.2, -0.15) is 0 Å². The summed E-state index contributed by atoms with van der Waals surface area (Å²) in [5.41, 5.74) is 1.60. The number of ether oxygens (including phenoxy) is 2. The maximum Gasteiger partial charge on any atom is 0.323 e. The molecule has 2 aliphatic heterocycles. The van der Waals surface area contributed by atoms with Crippen molar-refractivity contribution < 1.29 is 14.3 Å². The Labute approximate surface area is 127 Å². The second-order valence-corrected chi connectivity index (χ2v) is 6.18. The Balaban J connectivity index is 1.59. The maximum absolute atomic E-state index is 12.4. The van der Waals surface area contributed by atoms with Crippen LogP contribution in [0.15, 0.2) is 5.51 Å². The Morgan fingerprint density at radius 1 is 1.29 bits per heavy atom. The number of urea groups is 1. The van der Waals surface area contributed by atoms with Crippen LogP contribution >= 0.6 is 11.3 Å². The molecule has 2 saturated heterocycles. The van der Waals surface area contributed by atoms with E-state index in [1.54, 1.807) is 10.4 Å². The second-order valence-electron chi connectivity index (χ2n) is 5.35. The van der Waals surface area contributed by atoms with Crippen LogP contribution < -0.4 is 5.32 Å². The van der Waals surface area contributed by atoms with Crippen LogP contribution in [0.4, 0.5) is 9.93 Å². The largest absolute Gasteiger partial charge is 0.376 e. The summed E-state index contributed by atoms with van der Waals surface area (Å²) in [4.78, 5) is 14.2. The molecule has 3 heterocycles. The zero-order chi connectivity index (χ0) is 14.5. The van der Waals surface area contributed by atoms with Gasteiger partial charge in [-0.15, -0.1) is 10.2 Å². The van der Waals surface area contributed by atoms with Gasteiger partial charge in [-0.3, -0.25) is 5.32 Å². The molecule has 0 saturated carbocycles. The van der Waals surface area contributed by atoms with Gasteiger partial charge in [0.1, 0.15) is 5.51 Å². The number of aromatic nitrogens is 2. The predicted molar refractivity (Wildman–Crippen MR) is 78.4 cm³/mol. The van der Waals surface area contributed by atoms with E-state index >= 15 is 0 Å². The molecule has 2 aliphatic rings. The Kier molecular flexibility index (Phi) is 5.00. The molecule has 0 bridgehead atoms. The quantitative estimate of drug-likeness (QED) is 0.896. The fourth-order valence-electron chi connectivity index (χ4n) is 2.71. The van der Waals surface area contributed by atoms with Crippen LogP contribution in [0.1, 0.15) is 25.7 Å². The summed E-state index contributed by atoms with van der Waals surface area (Å²) in [5.74, 6) is 0. The first-order valence-electron chi connectivity index (χ1n) is 7.36. The Morgan fingerprint density at radius 2 is 1.95 bits per heavy atom. The number of hydrogen-bond acceptors (Lipinski definition) is 6. The molecule has 2 fully saturated rings. The minimum Gasteiger partial charge on any atom is -0.376 e. The molecule has 116 valence electrons. The van der Waals surface area contributed by atoms with Crippen molar-refractivity contribution >= 4 is 22.5 Å². The normalized spacial score (nSPS) is 25.1. The Hall–Kier alpha value is -1.25. The van der Waals surface area contributed by atoms with Gasteiger partial charge in [0.25, 0.3) is 0 Å². The number of nitrogens with zero attached hydrogens (tertiary/aromatic N) is 3. The summed E-state index contributed by atoms with van der Waals surface area (Å²) in [6.07, 6.45) is 4.41. The highest BCUT2D eigenvalue weighted by Gasteiger charge is 2.27. The molecule has 0 radical (unpaired) electrons. The van der Waals surface area contributed by atoms with Crippen molar-refractivity contribution in [2.75, 3.05) is 31.6 Å². The van der Waals surface area contributed by atoms with Gasteiger partial charge in [-0.05, 0) is 25.7 Å². The van der Waals surface area contributed by atoms with Crippen LogP contribution in [0.25, 0.3) is 0 Å². The number of anilines is 1. The highest BCUT2D eigenvalue weighted by Crippen LogP contribution is 2.18. The number of hydrogen-bond donors (Lipinski definition) is 1. The third-order valence-corrected chi connectivity index (χ3v) is 4.36. The van der Waals surface area contributed by atoms with Crippen molar-refractivity contribution in [3.63, 3.8) is 0 Å². The minimum atomic E-state index is -0.155. The number of carbonyl (C=O) groups is 1. The van der Waals surface area contributed by atoms with Gasteiger partial charge in [0.05, 0.1) is 12.2 Å². The monoisotopic (exact) mass is 312 g/mol. The van der Waals surface area contributed by atoms with Crippen molar-refractivity contribution in [2.24, 2.45) is 0 Å². The Morgan fingerprint density at radius 3 is 2.43 bits per heavy atom. The Bertz CT molecular complexity index is 426. The van der Waals surface area contributed by atoms with E-state index in [0.717, 1.165) is 38.9 Å². The van der Waals surface area contributed by atoms with Crippen molar-refractivity contribution in [1.82, 2.24) is 15.1 Å². The number of rotatable bonds is 5. The summed E-state index contributed by atoms with van der Waals surface area (Å²) in [7, 11) is 0. The molecule has 1 N–H and O–H groups in total. The number of carbonyl (C=O) groups excluding carboxylic acids is 1. The van der Waals surface area contributed by atoms with Crippen LogP contribution in [-0.4, -0.2) is 59.6 Å².